The number of benzene rings is 1. The van der Waals surface area contributed by atoms with Crippen LogP contribution in [0.2, 0.25) is 0 Å². The number of rotatable bonds is 2. The van der Waals surface area contributed by atoms with Crippen molar-refractivity contribution in [3.8, 4) is 0 Å². The lowest BCUT2D eigenvalue weighted by Crippen LogP contribution is -2.44. The van der Waals surface area contributed by atoms with Crippen molar-refractivity contribution in [1.29, 1.82) is 0 Å². The Morgan fingerprint density at radius 2 is 1.89 bits per heavy atom. The molecule has 1 saturated heterocycles. The molecule has 0 spiro atoms. The fraction of sp³-hybridized carbons (Fsp3) is 0.538. The van der Waals surface area contributed by atoms with Gasteiger partial charge in [0, 0.05) is 37.9 Å². The van der Waals surface area contributed by atoms with Crippen molar-refractivity contribution in [3.05, 3.63) is 29.3 Å². The van der Waals surface area contributed by atoms with Gasteiger partial charge in [-0.1, -0.05) is 6.07 Å². The van der Waals surface area contributed by atoms with Crippen LogP contribution in [0.15, 0.2) is 18.2 Å². The molecular formula is C13H18F3N3. The Labute approximate surface area is 110 Å². The third-order valence-electron chi connectivity index (χ3n) is 3.56. The fourth-order valence-electron chi connectivity index (χ4n) is 2.38. The van der Waals surface area contributed by atoms with Crippen LogP contribution in [0, 0.1) is 0 Å². The molecule has 0 amide bonds. The minimum atomic E-state index is -4.39. The van der Waals surface area contributed by atoms with Crippen LogP contribution in [0.1, 0.15) is 24.1 Å². The lowest BCUT2D eigenvalue weighted by atomic mass is 10.0. The van der Waals surface area contributed by atoms with Crippen molar-refractivity contribution in [2.75, 3.05) is 31.9 Å². The maximum atomic E-state index is 12.6. The fourth-order valence-corrected chi connectivity index (χ4v) is 2.38. The summed E-state index contributed by atoms with van der Waals surface area (Å²) in [4.78, 5) is 2.23. The van der Waals surface area contributed by atoms with Gasteiger partial charge in [-0.3, -0.25) is 4.90 Å². The highest BCUT2D eigenvalue weighted by Crippen LogP contribution is 2.35. The summed E-state index contributed by atoms with van der Waals surface area (Å²) in [5.74, 6) is 0. The smallest absolute Gasteiger partial charge is 0.398 e. The number of halogens is 3. The van der Waals surface area contributed by atoms with Crippen LogP contribution in [0.25, 0.3) is 0 Å². The monoisotopic (exact) mass is 273 g/mol. The molecule has 1 aromatic carbocycles. The van der Waals surface area contributed by atoms with Crippen LogP contribution >= 0.6 is 0 Å². The van der Waals surface area contributed by atoms with E-state index in [2.05, 4.69) is 10.2 Å². The number of anilines is 1. The van der Waals surface area contributed by atoms with Crippen molar-refractivity contribution < 1.29 is 13.2 Å². The predicted octanol–water partition coefficient (Wildman–Crippen LogP) is 2.25. The molecule has 3 N–H and O–H groups in total. The first-order chi connectivity index (χ1) is 8.89. The van der Waals surface area contributed by atoms with Crippen LogP contribution in [0.3, 0.4) is 0 Å². The summed E-state index contributed by atoms with van der Waals surface area (Å²) in [5.41, 5.74) is 5.39. The molecule has 0 radical (unpaired) electrons. The molecule has 19 heavy (non-hydrogen) atoms. The highest BCUT2D eigenvalue weighted by Gasteiger charge is 2.33. The first-order valence-electron chi connectivity index (χ1n) is 6.31. The number of hydrogen-bond acceptors (Lipinski definition) is 3. The SMILES string of the molecule is CC(c1ccc(C(F)(F)F)c(N)c1)N1CCNCC1. The zero-order valence-electron chi connectivity index (χ0n) is 10.8. The molecule has 1 fully saturated rings. The van der Waals surface area contributed by atoms with E-state index < -0.39 is 11.7 Å². The molecule has 1 aliphatic rings. The Kier molecular flexibility index (Phi) is 4.01. The molecule has 3 nitrogen and oxygen atoms in total. The van der Waals surface area contributed by atoms with Gasteiger partial charge in [0.05, 0.1) is 5.56 Å². The third kappa shape index (κ3) is 3.19. The largest absolute Gasteiger partial charge is 0.418 e. The number of alkyl halides is 3. The van der Waals surface area contributed by atoms with E-state index in [9.17, 15) is 13.2 Å². The lowest BCUT2D eigenvalue weighted by Gasteiger charge is -2.33. The van der Waals surface area contributed by atoms with Gasteiger partial charge >= 0.3 is 6.18 Å². The van der Waals surface area contributed by atoms with Crippen LogP contribution in [-0.4, -0.2) is 31.1 Å². The van der Waals surface area contributed by atoms with Gasteiger partial charge in [0.1, 0.15) is 0 Å². The number of nitrogens with zero attached hydrogens (tertiary/aromatic N) is 1. The lowest BCUT2D eigenvalue weighted by molar-refractivity contribution is -0.136. The predicted molar refractivity (Wildman–Crippen MR) is 68.7 cm³/mol. The van der Waals surface area contributed by atoms with Crippen molar-refractivity contribution >= 4 is 5.69 Å². The molecule has 106 valence electrons. The molecule has 1 aromatic rings. The summed E-state index contributed by atoms with van der Waals surface area (Å²) >= 11 is 0. The summed E-state index contributed by atoms with van der Waals surface area (Å²) in [6, 6.07) is 4.11. The molecule has 0 aromatic heterocycles. The zero-order valence-corrected chi connectivity index (χ0v) is 10.8. The second-order valence-electron chi connectivity index (χ2n) is 4.81. The summed E-state index contributed by atoms with van der Waals surface area (Å²) in [6.07, 6.45) is -4.39. The first-order valence-corrected chi connectivity index (χ1v) is 6.31. The number of hydrogen-bond donors (Lipinski definition) is 2. The minimum absolute atomic E-state index is 0.0756. The molecule has 0 aliphatic carbocycles. The Morgan fingerprint density at radius 1 is 1.26 bits per heavy atom. The quantitative estimate of drug-likeness (QED) is 0.812. The van der Waals surface area contributed by atoms with Crippen molar-refractivity contribution in [2.45, 2.75) is 19.1 Å². The maximum absolute atomic E-state index is 12.6. The third-order valence-corrected chi connectivity index (χ3v) is 3.56. The molecule has 0 saturated carbocycles. The van der Waals surface area contributed by atoms with Gasteiger partial charge in [0.25, 0.3) is 0 Å². The minimum Gasteiger partial charge on any atom is -0.398 e. The molecular weight excluding hydrogens is 255 g/mol. The van der Waals surface area contributed by atoms with E-state index in [0.717, 1.165) is 37.8 Å². The van der Waals surface area contributed by atoms with E-state index in [1.54, 1.807) is 0 Å². The molecule has 1 unspecified atom stereocenters. The van der Waals surface area contributed by atoms with Crippen LogP contribution in [0.4, 0.5) is 18.9 Å². The van der Waals surface area contributed by atoms with Gasteiger partial charge in [-0.25, -0.2) is 0 Å². The van der Waals surface area contributed by atoms with Gasteiger partial charge in [-0.05, 0) is 24.6 Å². The second kappa shape index (κ2) is 5.38. The summed E-state index contributed by atoms with van der Waals surface area (Å²) in [6.45, 7) is 5.58. The second-order valence-corrected chi connectivity index (χ2v) is 4.81. The first kappa shape index (κ1) is 14.1. The normalized spacial score (nSPS) is 19.4. The zero-order chi connectivity index (χ0) is 14.0. The highest BCUT2D eigenvalue weighted by atomic mass is 19.4. The van der Waals surface area contributed by atoms with Crippen LogP contribution < -0.4 is 11.1 Å². The van der Waals surface area contributed by atoms with Crippen LogP contribution in [-0.2, 0) is 6.18 Å². The summed E-state index contributed by atoms with van der Waals surface area (Å²) in [5, 5.41) is 3.25. The van der Waals surface area contributed by atoms with E-state index >= 15 is 0 Å². The van der Waals surface area contributed by atoms with Gasteiger partial charge in [0.2, 0.25) is 0 Å². The Hall–Kier alpha value is -1.27. The number of piperazine rings is 1. The highest BCUT2D eigenvalue weighted by molar-refractivity contribution is 5.51. The van der Waals surface area contributed by atoms with E-state index in [1.807, 2.05) is 6.92 Å². The van der Waals surface area contributed by atoms with E-state index in [0.29, 0.717) is 0 Å². The molecule has 2 rings (SSSR count). The van der Waals surface area contributed by atoms with Gasteiger partial charge in [0.15, 0.2) is 0 Å². The van der Waals surface area contributed by atoms with Gasteiger partial charge < -0.3 is 11.1 Å². The van der Waals surface area contributed by atoms with Crippen molar-refractivity contribution in [3.63, 3.8) is 0 Å². The van der Waals surface area contributed by atoms with E-state index in [-0.39, 0.29) is 11.7 Å². The topological polar surface area (TPSA) is 41.3 Å². The van der Waals surface area contributed by atoms with Gasteiger partial charge in [-0.2, -0.15) is 13.2 Å². The molecule has 1 heterocycles. The molecule has 0 bridgehead atoms. The van der Waals surface area contributed by atoms with Crippen molar-refractivity contribution in [2.24, 2.45) is 0 Å². The summed E-state index contributed by atoms with van der Waals surface area (Å²) in [7, 11) is 0. The number of nitrogen functional groups attached to an aromatic ring is 1. The standard InChI is InChI=1S/C13H18F3N3/c1-9(19-6-4-18-5-7-19)10-2-3-11(12(17)8-10)13(14,15)16/h2-3,8-9,18H,4-7,17H2,1H3. The average molecular weight is 273 g/mol. The van der Waals surface area contributed by atoms with Gasteiger partial charge in [-0.15, -0.1) is 0 Å². The molecule has 1 aliphatic heterocycles. The number of nitrogens with one attached hydrogen (secondary N) is 1. The molecule has 6 heteroatoms. The number of nitrogens with two attached hydrogens (primary N) is 1. The van der Waals surface area contributed by atoms with Crippen molar-refractivity contribution in [1.82, 2.24) is 10.2 Å². The average Bonchev–Trinajstić information content (AvgIpc) is 2.37. The maximum Gasteiger partial charge on any atom is 0.418 e. The van der Waals surface area contributed by atoms with Crippen LogP contribution in [0.5, 0.6) is 0 Å². The molecule has 1 atom stereocenters. The Balaban J connectivity index is 2.19. The van der Waals surface area contributed by atoms with E-state index in [4.69, 9.17) is 5.73 Å². The Bertz CT molecular complexity index is 439. The van der Waals surface area contributed by atoms with E-state index in [1.165, 1.54) is 12.1 Å². The summed E-state index contributed by atoms with van der Waals surface area (Å²) < 4.78 is 37.9. The Morgan fingerprint density at radius 3 is 2.42 bits per heavy atom.